The van der Waals surface area contributed by atoms with E-state index in [0.29, 0.717) is 10.8 Å². The van der Waals surface area contributed by atoms with E-state index in [-0.39, 0.29) is 0 Å². The van der Waals surface area contributed by atoms with Crippen LogP contribution in [0, 0.1) is 10.8 Å². The average molecular weight is 128 g/mol. The van der Waals surface area contributed by atoms with E-state index in [1.807, 2.05) is 0 Å². The molecule has 0 spiro atoms. The molecular formula is C9H20. The van der Waals surface area contributed by atoms with Crippen LogP contribution in [0.5, 0.6) is 0 Å². The van der Waals surface area contributed by atoms with E-state index in [4.69, 9.17) is 0 Å². The van der Waals surface area contributed by atoms with Crippen LogP contribution in [0.25, 0.3) is 0 Å². The van der Waals surface area contributed by atoms with Crippen molar-refractivity contribution in [2.24, 2.45) is 10.8 Å². The zero-order chi connectivity index (χ0) is 7.71. The highest BCUT2D eigenvalue weighted by molar-refractivity contribution is 4.71. The Morgan fingerprint density at radius 2 is 0.889 bits per heavy atom. The van der Waals surface area contributed by atoms with E-state index in [1.54, 1.807) is 0 Å². The molecule has 9 heavy (non-hydrogen) atoms. The maximum atomic E-state index is 2.29. The zero-order valence-electron chi connectivity index (χ0n) is 7.71. The summed E-state index contributed by atoms with van der Waals surface area (Å²) in [5.41, 5.74) is 0.969. The summed E-state index contributed by atoms with van der Waals surface area (Å²) in [6.07, 6.45) is 1.29. The Hall–Kier alpha value is 0. The normalized spacial score (nSPS) is 14.0. The van der Waals surface area contributed by atoms with E-state index in [2.05, 4.69) is 41.5 Å². The van der Waals surface area contributed by atoms with Gasteiger partial charge in [0.2, 0.25) is 0 Å². The second-order valence-corrected chi connectivity index (χ2v) is 5.30. The van der Waals surface area contributed by atoms with E-state index in [9.17, 15) is 0 Å². The summed E-state index contributed by atoms with van der Waals surface area (Å²) in [6.45, 7) is 13.7. The molecule has 0 unspecified atom stereocenters. The molecule has 0 fully saturated rings. The molecule has 0 aliphatic heterocycles. The predicted octanol–water partition coefficient (Wildman–Crippen LogP) is 3.47. The fraction of sp³-hybridized carbons (Fsp3) is 1.00. The predicted molar refractivity (Wildman–Crippen MR) is 43.5 cm³/mol. The van der Waals surface area contributed by atoms with Crippen LogP contribution < -0.4 is 0 Å². The molecule has 0 aliphatic carbocycles. The van der Waals surface area contributed by atoms with Crippen molar-refractivity contribution in [2.45, 2.75) is 48.0 Å². The molecule has 0 saturated carbocycles. The molecule has 0 heterocycles. The Labute approximate surface area is 59.7 Å². The lowest BCUT2D eigenvalue weighted by molar-refractivity contribution is 0.233. The minimum atomic E-state index is 0.484. The molecule has 0 N–H and O–H groups in total. The largest absolute Gasteiger partial charge is 0.0602 e. The lowest BCUT2D eigenvalue weighted by Gasteiger charge is -2.28. The third-order valence-electron chi connectivity index (χ3n) is 1.06. The molecule has 0 heteroatoms. The molecule has 0 amide bonds. The maximum Gasteiger partial charge on any atom is -0.0378 e. The topological polar surface area (TPSA) is 0 Å². The first-order chi connectivity index (χ1) is 3.71. The van der Waals surface area contributed by atoms with Gasteiger partial charge >= 0.3 is 0 Å². The summed E-state index contributed by atoms with van der Waals surface area (Å²) in [4.78, 5) is 0. The molecular weight excluding hydrogens is 108 g/mol. The third-order valence-corrected chi connectivity index (χ3v) is 1.06. The maximum absolute atomic E-state index is 2.29. The monoisotopic (exact) mass is 128 g/mol. The smallest absolute Gasteiger partial charge is 0.0378 e. The molecule has 0 atom stereocenters. The van der Waals surface area contributed by atoms with E-state index >= 15 is 0 Å². The Morgan fingerprint density at radius 3 is 0.889 bits per heavy atom. The van der Waals surface area contributed by atoms with Crippen molar-refractivity contribution in [3.8, 4) is 0 Å². The fourth-order valence-corrected chi connectivity index (χ4v) is 1.59. The van der Waals surface area contributed by atoms with Gasteiger partial charge in [0.05, 0.1) is 0 Å². The van der Waals surface area contributed by atoms with Crippen LogP contribution in [0.15, 0.2) is 0 Å². The van der Waals surface area contributed by atoms with Gasteiger partial charge in [-0.15, -0.1) is 0 Å². The average Bonchev–Trinajstić information content (AvgIpc) is 1.14. The lowest BCUT2D eigenvalue weighted by atomic mass is 9.78. The van der Waals surface area contributed by atoms with Crippen LogP contribution in [0.3, 0.4) is 0 Å². The van der Waals surface area contributed by atoms with Gasteiger partial charge in [-0.3, -0.25) is 0 Å². The highest BCUT2D eigenvalue weighted by atomic mass is 14.3. The highest BCUT2D eigenvalue weighted by Gasteiger charge is 2.19. The molecule has 0 aromatic rings. The minimum Gasteiger partial charge on any atom is -0.0602 e. The van der Waals surface area contributed by atoms with Gasteiger partial charge in [-0.2, -0.15) is 0 Å². The second-order valence-electron chi connectivity index (χ2n) is 5.30. The quantitative estimate of drug-likeness (QED) is 0.468. The number of hydrogen-bond acceptors (Lipinski definition) is 0. The molecule has 0 rings (SSSR count). The molecule has 0 saturated heterocycles. The van der Waals surface area contributed by atoms with Gasteiger partial charge in [-0.05, 0) is 17.3 Å². The van der Waals surface area contributed by atoms with Crippen LogP contribution in [0.2, 0.25) is 0 Å². The Bertz CT molecular complexity index is 65.2. The van der Waals surface area contributed by atoms with Crippen molar-refractivity contribution >= 4 is 0 Å². The van der Waals surface area contributed by atoms with Crippen molar-refractivity contribution in [3.05, 3.63) is 0 Å². The lowest BCUT2D eigenvalue weighted by Crippen LogP contribution is -2.16. The molecule has 0 aromatic carbocycles. The summed E-state index contributed by atoms with van der Waals surface area (Å²) in [5, 5.41) is 0. The van der Waals surface area contributed by atoms with E-state index in [0.717, 1.165) is 0 Å². The van der Waals surface area contributed by atoms with Gasteiger partial charge in [0.15, 0.2) is 0 Å². The minimum absolute atomic E-state index is 0.484. The second kappa shape index (κ2) is 2.32. The summed E-state index contributed by atoms with van der Waals surface area (Å²) in [5.74, 6) is 0. The van der Waals surface area contributed by atoms with Gasteiger partial charge in [-0.25, -0.2) is 0 Å². The SMILES string of the molecule is CC(C)(C)CC(C)(C)C. The van der Waals surface area contributed by atoms with Crippen LogP contribution in [-0.2, 0) is 0 Å². The van der Waals surface area contributed by atoms with Gasteiger partial charge in [0.25, 0.3) is 0 Å². The van der Waals surface area contributed by atoms with Gasteiger partial charge in [-0.1, -0.05) is 41.5 Å². The summed E-state index contributed by atoms with van der Waals surface area (Å²) in [7, 11) is 0. The first kappa shape index (κ1) is 9.00. The molecule has 0 radical (unpaired) electrons. The zero-order valence-corrected chi connectivity index (χ0v) is 7.71. The molecule has 0 nitrogen and oxygen atoms in total. The summed E-state index contributed by atoms with van der Waals surface area (Å²) in [6, 6.07) is 0. The van der Waals surface area contributed by atoms with E-state index in [1.165, 1.54) is 6.42 Å². The Kier molecular flexibility index (Phi) is 2.32. The van der Waals surface area contributed by atoms with Crippen molar-refractivity contribution < 1.29 is 0 Å². The van der Waals surface area contributed by atoms with Crippen LogP contribution in [0.1, 0.15) is 48.0 Å². The standard InChI is InChI=1S/C9H20/c1-8(2,3)7-9(4,5)6/h7H2,1-6H3. The Morgan fingerprint density at radius 1 is 0.667 bits per heavy atom. The number of hydrogen-bond donors (Lipinski definition) is 0. The van der Waals surface area contributed by atoms with Crippen LogP contribution in [0.4, 0.5) is 0 Å². The molecule has 0 aliphatic rings. The van der Waals surface area contributed by atoms with Crippen molar-refractivity contribution in [1.82, 2.24) is 0 Å². The van der Waals surface area contributed by atoms with Crippen molar-refractivity contribution in [2.75, 3.05) is 0 Å². The van der Waals surface area contributed by atoms with Gasteiger partial charge in [0, 0.05) is 0 Å². The first-order valence-corrected chi connectivity index (χ1v) is 3.71. The summed E-state index contributed by atoms with van der Waals surface area (Å²) >= 11 is 0. The first-order valence-electron chi connectivity index (χ1n) is 3.71. The van der Waals surface area contributed by atoms with Crippen LogP contribution >= 0.6 is 0 Å². The Balaban J connectivity index is 3.75. The number of rotatable bonds is 0. The highest BCUT2D eigenvalue weighted by Crippen LogP contribution is 2.31. The van der Waals surface area contributed by atoms with Crippen LogP contribution in [-0.4, -0.2) is 0 Å². The molecule has 0 bridgehead atoms. The van der Waals surface area contributed by atoms with Gasteiger partial charge in [0.1, 0.15) is 0 Å². The summed E-state index contributed by atoms with van der Waals surface area (Å²) < 4.78 is 0. The van der Waals surface area contributed by atoms with Gasteiger partial charge < -0.3 is 0 Å². The van der Waals surface area contributed by atoms with E-state index < -0.39 is 0 Å². The molecule has 0 aromatic heterocycles. The fourth-order valence-electron chi connectivity index (χ4n) is 1.59. The molecule has 56 valence electrons. The third kappa shape index (κ3) is 8.00. The van der Waals surface area contributed by atoms with Crippen molar-refractivity contribution in [3.63, 3.8) is 0 Å². The van der Waals surface area contributed by atoms with Crippen molar-refractivity contribution in [1.29, 1.82) is 0 Å².